The number of likely N-dealkylation sites (N-methyl/N-ethyl adjacent to an activating group) is 1. The average Bonchev–Trinajstić information content (AvgIpc) is 2.98. The molecule has 0 spiro atoms. The molecule has 0 fully saturated rings. The summed E-state index contributed by atoms with van der Waals surface area (Å²) >= 11 is 0. The maximum absolute atomic E-state index is 12.8. The summed E-state index contributed by atoms with van der Waals surface area (Å²) in [5, 5.41) is 2.69. The molecule has 0 aromatic heterocycles. The number of amides is 1. The van der Waals surface area contributed by atoms with E-state index in [-0.39, 0.29) is 11.4 Å². The van der Waals surface area contributed by atoms with Gasteiger partial charge in [-0.05, 0) is 24.3 Å². The first-order chi connectivity index (χ1) is 14.4. The number of carbonyl (C=O) groups excluding carboxylic acids is 1. The first-order valence-corrected chi connectivity index (χ1v) is 10.9. The molecule has 0 aliphatic carbocycles. The van der Waals surface area contributed by atoms with Gasteiger partial charge in [-0.2, -0.15) is 4.31 Å². The molecule has 2 aliphatic heterocycles. The van der Waals surface area contributed by atoms with Crippen molar-refractivity contribution in [2.45, 2.75) is 11.3 Å². The van der Waals surface area contributed by atoms with Gasteiger partial charge in [-0.1, -0.05) is 0 Å². The summed E-state index contributed by atoms with van der Waals surface area (Å²) in [6.07, 6.45) is 0.777. The lowest BCUT2D eigenvalue weighted by molar-refractivity contribution is -0.116. The van der Waals surface area contributed by atoms with Gasteiger partial charge in [0.05, 0.1) is 24.7 Å². The van der Waals surface area contributed by atoms with E-state index < -0.39 is 15.9 Å². The van der Waals surface area contributed by atoms with Crippen molar-refractivity contribution in [3.8, 4) is 23.0 Å². The summed E-state index contributed by atoms with van der Waals surface area (Å²) in [5.41, 5.74) is 0.495. The van der Waals surface area contributed by atoms with Gasteiger partial charge in [0.1, 0.15) is 13.2 Å². The van der Waals surface area contributed by atoms with E-state index in [0.29, 0.717) is 55.1 Å². The van der Waals surface area contributed by atoms with Crippen molar-refractivity contribution in [3.63, 3.8) is 0 Å². The van der Waals surface area contributed by atoms with Crippen LogP contribution in [0.2, 0.25) is 0 Å². The molecule has 2 aliphatic rings. The van der Waals surface area contributed by atoms with Gasteiger partial charge < -0.3 is 24.3 Å². The van der Waals surface area contributed by atoms with Crippen LogP contribution in [0.3, 0.4) is 0 Å². The third kappa shape index (κ3) is 4.29. The zero-order valence-corrected chi connectivity index (χ0v) is 17.2. The van der Waals surface area contributed by atoms with Gasteiger partial charge in [0.2, 0.25) is 15.9 Å². The standard InChI is InChI=1S/C20H22N2O7S/c1-22(30(24,25)15-4-6-17-19(12-15)29-10-9-28-17)13-20(23)21-14-3-5-16-18(11-14)27-8-2-7-26-16/h3-6,11-12H,2,7-10,13H2,1H3,(H,21,23). The summed E-state index contributed by atoms with van der Waals surface area (Å²) in [5.74, 6) is 1.54. The molecule has 30 heavy (non-hydrogen) atoms. The van der Waals surface area contributed by atoms with Gasteiger partial charge in [-0.25, -0.2) is 8.42 Å². The minimum absolute atomic E-state index is 0.0256. The highest BCUT2D eigenvalue weighted by Gasteiger charge is 2.25. The van der Waals surface area contributed by atoms with E-state index in [9.17, 15) is 13.2 Å². The summed E-state index contributed by atoms with van der Waals surface area (Å²) < 4.78 is 48.7. The molecule has 0 atom stereocenters. The second-order valence-corrected chi connectivity index (χ2v) is 8.87. The number of hydrogen-bond acceptors (Lipinski definition) is 7. The molecule has 9 nitrogen and oxygen atoms in total. The first-order valence-electron chi connectivity index (χ1n) is 9.49. The van der Waals surface area contributed by atoms with Crippen LogP contribution < -0.4 is 24.3 Å². The molecule has 2 aromatic rings. The third-order valence-electron chi connectivity index (χ3n) is 4.62. The smallest absolute Gasteiger partial charge is 0.243 e. The fourth-order valence-electron chi connectivity index (χ4n) is 3.09. The summed E-state index contributed by atoms with van der Waals surface area (Å²) in [6.45, 7) is 1.51. The second kappa shape index (κ2) is 8.41. The Hall–Kier alpha value is -2.98. The van der Waals surface area contributed by atoms with Crippen molar-refractivity contribution < 1.29 is 32.2 Å². The summed E-state index contributed by atoms with van der Waals surface area (Å²) in [6, 6.07) is 9.44. The van der Waals surface area contributed by atoms with Gasteiger partial charge >= 0.3 is 0 Å². The molecule has 0 bridgehead atoms. The van der Waals surface area contributed by atoms with Crippen LogP contribution in [-0.4, -0.2) is 58.7 Å². The van der Waals surface area contributed by atoms with Crippen LogP contribution in [0.5, 0.6) is 23.0 Å². The SMILES string of the molecule is CN(CC(=O)Nc1ccc2c(c1)OCCCO2)S(=O)(=O)c1ccc2c(c1)OCCO2. The van der Waals surface area contributed by atoms with E-state index in [1.54, 1.807) is 24.3 Å². The normalized spacial score (nSPS) is 15.4. The third-order valence-corrected chi connectivity index (χ3v) is 6.42. The Morgan fingerprint density at radius 3 is 2.27 bits per heavy atom. The largest absolute Gasteiger partial charge is 0.490 e. The number of nitrogens with zero attached hydrogens (tertiary/aromatic N) is 1. The van der Waals surface area contributed by atoms with Crippen molar-refractivity contribution in [1.29, 1.82) is 0 Å². The van der Waals surface area contributed by atoms with E-state index in [0.717, 1.165) is 10.7 Å². The molecule has 0 unspecified atom stereocenters. The molecule has 1 amide bonds. The highest BCUT2D eigenvalue weighted by Crippen LogP contribution is 2.34. The lowest BCUT2D eigenvalue weighted by atomic mass is 10.2. The minimum Gasteiger partial charge on any atom is -0.490 e. The molecule has 160 valence electrons. The molecule has 0 saturated heterocycles. The van der Waals surface area contributed by atoms with Crippen LogP contribution in [0, 0.1) is 0 Å². The van der Waals surface area contributed by atoms with Gasteiger partial charge in [-0.15, -0.1) is 0 Å². The van der Waals surface area contributed by atoms with Crippen LogP contribution in [0.25, 0.3) is 0 Å². The molecule has 0 saturated carbocycles. The monoisotopic (exact) mass is 434 g/mol. The zero-order valence-electron chi connectivity index (χ0n) is 16.4. The lowest BCUT2D eigenvalue weighted by Crippen LogP contribution is -2.35. The number of rotatable bonds is 5. The number of carbonyl (C=O) groups is 1. The Bertz CT molecular complexity index is 1060. The van der Waals surface area contributed by atoms with E-state index in [1.165, 1.54) is 19.2 Å². The Morgan fingerprint density at radius 1 is 0.900 bits per heavy atom. The molecular weight excluding hydrogens is 412 g/mol. The maximum atomic E-state index is 12.8. The summed E-state index contributed by atoms with van der Waals surface area (Å²) in [7, 11) is -2.54. The number of nitrogens with one attached hydrogen (secondary N) is 1. The Balaban J connectivity index is 1.43. The Labute approximate surface area is 174 Å². The molecular formula is C20H22N2O7S. The molecule has 0 radical (unpaired) electrons. The van der Waals surface area contributed by atoms with Crippen molar-refractivity contribution in [2.24, 2.45) is 0 Å². The maximum Gasteiger partial charge on any atom is 0.243 e. The first kappa shape index (κ1) is 20.3. The van der Waals surface area contributed by atoms with E-state index >= 15 is 0 Å². The average molecular weight is 434 g/mol. The fourth-order valence-corrected chi connectivity index (χ4v) is 4.24. The van der Waals surface area contributed by atoms with Crippen LogP contribution in [-0.2, 0) is 14.8 Å². The van der Waals surface area contributed by atoms with E-state index in [4.69, 9.17) is 18.9 Å². The van der Waals surface area contributed by atoms with Crippen LogP contribution in [0.1, 0.15) is 6.42 Å². The van der Waals surface area contributed by atoms with E-state index in [1.807, 2.05) is 0 Å². The minimum atomic E-state index is -3.89. The molecule has 2 aromatic carbocycles. The number of benzene rings is 2. The topological polar surface area (TPSA) is 103 Å². The van der Waals surface area contributed by atoms with E-state index in [2.05, 4.69) is 5.32 Å². The zero-order chi connectivity index (χ0) is 21.1. The fraction of sp³-hybridized carbons (Fsp3) is 0.350. The van der Waals surface area contributed by atoms with Gasteiger partial charge in [0.15, 0.2) is 23.0 Å². The molecule has 10 heteroatoms. The number of hydrogen-bond donors (Lipinski definition) is 1. The predicted molar refractivity (Wildman–Crippen MR) is 108 cm³/mol. The Kier molecular flexibility index (Phi) is 5.69. The molecule has 2 heterocycles. The quantitative estimate of drug-likeness (QED) is 0.766. The van der Waals surface area contributed by atoms with Gasteiger partial charge in [0.25, 0.3) is 0 Å². The Morgan fingerprint density at radius 2 is 1.50 bits per heavy atom. The van der Waals surface area contributed by atoms with Crippen LogP contribution in [0.4, 0.5) is 5.69 Å². The van der Waals surface area contributed by atoms with Crippen molar-refractivity contribution in [3.05, 3.63) is 36.4 Å². The lowest BCUT2D eigenvalue weighted by Gasteiger charge is -2.21. The number of sulfonamides is 1. The highest BCUT2D eigenvalue weighted by molar-refractivity contribution is 7.89. The highest BCUT2D eigenvalue weighted by atomic mass is 32.2. The number of fused-ring (bicyclic) bond motifs is 2. The predicted octanol–water partition coefficient (Wildman–Crippen LogP) is 1.88. The van der Waals surface area contributed by atoms with Crippen molar-refractivity contribution in [2.75, 3.05) is 45.3 Å². The van der Waals surface area contributed by atoms with Crippen molar-refractivity contribution >= 4 is 21.6 Å². The van der Waals surface area contributed by atoms with Crippen LogP contribution >= 0.6 is 0 Å². The second-order valence-electron chi connectivity index (χ2n) is 6.83. The number of ether oxygens (including phenoxy) is 4. The molecule has 4 rings (SSSR count). The summed E-state index contributed by atoms with van der Waals surface area (Å²) in [4.78, 5) is 12.5. The number of anilines is 1. The van der Waals surface area contributed by atoms with Gasteiger partial charge in [-0.3, -0.25) is 4.79 Å². The van der Waals surface area contributed by atoms with Crippen LogP contribution in [0.15, 0.2) is 41.3 Å². The van der Waals surface area contributed by atoms with Crippen molar-refractivity contribution in [1.82, 2.24) is 4.31 Å². The van der Waals surface area contributed by atoms with Gasteiger partial charge in [0, 0.05) is 31.3 Å². The molecule has 1 N–H and O–H groups in total.